The molecule has 3 N–H and O–H groups in total. The van der Waals surface area contributed by atoms with Crippen molar-refractivity contribution < 1.29 is 19.1 Å². The van der Waals surface area contributed by atoms with Crippen molar-refractivity contribution in [1.29, 1.82) is 5.26 Å². The van der Waals surface area contributed by atoms with Crippen LogP contribution < -0.4 is 16.0 Å². The number of nitrogens with zero attached hydrogens (tertiary/aromatic N) is 1. The molecule has 8 heteroatoms. The molecule has 2 rings (SSSR count). The van der Waals surface area contributed by atoms with Crippen molar-refractivity contribution in [2.24, 2.45) is 0 Å². The highest BCUT2D eigenvalue weighted by Crippen LogP contribution is 2.14. The van der Waals surface area contributed by atoms with E-state index < -0.39 is 11.9 Å². The molecule has 0 bridgehead atoms. The molecule has 0 spiro atoms. The Kier molecular flexibility index (Phi) is 7.51. The van der Waals surface area contributed by atoms with Gasteiger partial charge in [0.15, 0.2) is 0 Å². The zero-order chi connectivity index (χ0) is 21.2. The van der Waals surface area contributed by atoms with Crippen LogP contribution in [0.5, 0.6) is 0 Å². The monoisotopic (exact) mass is 392 g/mol. The normalized spacial score (nSPS) is 10.4. The van der Waals surface area contributed by atoms with Crippen molar-refractivity contribution in [2.45, 2.75) is 13.5 Å². The minimum atomic E-state index is -0.562. The van der Waals surface area contributed by atoms with Gasteiger partial charge in [-0.2, -0.15) is 5.26 Å². The van der Waals surface area contributed by atoms with Crippen LogP contribution in [0.25, 0.3) is 0 Å². The van der Waals surface area contributed by atoms with E-state index in [2.05, 4.69) is 20.7 Å². The number of rotatable bonds is 7. The molecule has 29 heavy (non-hydrogen) atoms. The van der Waals surface area contributed by atoms with Crippen molar-refractivity contribution in [1.82, 2.24) is 5.32 Å². The van der Waals surface area contributed by atoms with E-state index in [1.165, 1.54) is 20.2 Å². The predicted octanol–water partition coefficient (Wildman–Crippen LogP) is 2.57. The molecule has 0 saturated carbocycles. The first kappa shape index (κ1) is 21.2. The minimum Gasteiger partial charge on any atom is -0.465 e. The topological polar surface area (TPSA) is 120 Å². The fourth-order valence-electron chi connectivity index (χ4n) is 2.33. The summed E-state index contributed by atoms with van der Waals surface area (Å²) in [6.45, 7) is 1.77. The van der Waals surface area contributed by atoms with Crippen LogP contribution in [-0.2, 0) is 20.9 Å². The van der Waals surface area contributed by atoms with Gasteiger partial charge in [0, 0.05) is 31.0 Å². The van der Waals surface area contributed by atoms with Crippen LogP contribution in [-0.4, -0.2) is 24.9 Å². The lowest BCUT2D eigenvalue weighted by atomic mass is 10.1. The Morgan fingerprint density at radius 2 is 1.59 bits per heavy atom. The van der Waals surface area contributed by atoms with Gasteiger partial charge in [-0.05, 0) is 42.0 Å². The van der Waals surface area contributed by atoms with Crippen molar-refractivity contribution >= 4 is 29.2 Å². The van der Waals surface area contributed by atoms with Crippen LogP contribution >= 0.6 is 0 Å². The predicted molar refractivity (Wildman–Crippen MR) is 108 cm³/mol. The molecule has 2 aromatic rings. The van der Waals surface area contributed by atoms with Crippen LogP contribution in [0.2, 0.25) is 0 Å². The molecule has 0 aliphatic carbocycles. The number of ether oxygens (including phenoxy) is 1. The molecule has 0 atom stereocenters. The van der Waals surface area contributed by atoms with Gasteiger partial charge in [0.25, 0.3) is 5.91 Å². The van der Waals surface area contributed by atoms with E-state index in [4.69, 9.17) is 0 Å². The molecule has 0 heterocycles. The summed E-state index contributed by atoms with van der Waals surface area (Å²) in [5.74, 6) is -1.17. The van der Waals surface area contributed by atoms with Gasteiger partial charge in [0.2, 0.25) is 5.91 Å². The molecule has 0 aliphatic rings. The Morgan fingerprint density at radius 1 is 1.00 bits per heavy atom. The summed E-state index contributed by atoms with van der Waals surface area (Å²) in [5.41, 5.74) is 2.30. The van der Waals surface area contributed by atoms with Gasteiger partial charge in [0.1, 0.15) is 11.6 Å². The molecule has 8 nitrogen and oxygen atoms in total. The van der Waals surface area contributed by atoms with E-state index >= 15 is 0 Å². The number of anilines is 2. The largest absolute Gasteiger partial charge is 0.465 e. The summed E-state index contributed by atoms with van der Waals surface area (Å²) in [4.78, 5) is 34.7. The summed E-state index contributed by atoms with van der Waals surface area (Å²) < 4.78 is 4.64. The second-order valence-corrected chi connectivity index (χ2v) is 5.95. The number of nitrogens with one attached hydrogen (secondary N) is 3. The van der Waals surface area contributed by atoms with Crippen LogP contribution in [0.3, 0.4) is 0 Å². The molecule has 0 aliphatic heterocycles. The number of benzene rings is 2. The van der Waals surface area contributed by atoms with Crippen molar-refractivity contribution in [3.8, 4) is 6.07 Å². The average molecular weight is 392 g/mol. The standard InChI is InChI=1S/C21H20N4O4/c1-14(26)24-18-7-9-19(10-8-18)25-20(27)17(11-22)13-23-12-15-3-5-16(6-4-15)21(28)29-2/h3-10,13,23H,12H2,1-2H3,(H,24,26)(H,25,27)/b17-13-. The van der Waals surface area contributed by atoms with Crippen LogP contribution in [0.4, 0.5) is 11.4 Å². The van der Waals surface area contributed by atoms with E-state index in [9.17, 15) is 19.6 Å². The number of esters is 1. The summed E-state index contributed by atoms with van der Waals surface area (Å²) in [5, 5.41) is 17.4. The van der Waals surface area contributed by atoms with E-state index in [0.29, 0.717) is 23.5 Å². The number of hydrogen-bond acceptors (Lipinski definition) is 6. The Morgan fingerprint density at radius 3 is 2.10 bits per heavy atom. The second kappa shape index (κ2) is 10.3. The smallest absolute Gasteiger partial charge is 0.337 e. The zero-order valence-corrected chi connectivity index (χ0v) is 16.0. The van der Waals surface area contributed by atoms with E-state index in [-0.39, 0.29) is 11.5 Å². The molecule has 0 radical (unpaired) electrons. The van der Waals surface area contributed by atoms with Crippen molar-refractivity contribution in [3.63, 3.8) is 0 Å². The second-order valence-electron chi connectivity index (χ2n) is 5.95. The summed E-state index contributed by atoms with van der Waals surface area (Å²) >= 11 is 0. The first-order valence-electron chi connectivity index (χ1n) is 8.63. The molecule has 2 amide bonds. The lowest BCUT2D eigenvalue weighted by Gasteiger charge is -2.07. The SMILES string of the molecule is COC(=O)c1ccc(CN/C=C(/C#N)C(=O)Nc2ccc(NC(C)=O)cc2)cc1. The summed E-state index contributed by atoms with van der Waals surface area (Å²) in [6.07, 6.45) is 1.33. The summed E-state index contributed by atoms with van der Waals surface area (Å²) in [7, 11) is 1.31. The molecular weight excluding hydrogens is 372 g/mol. The highest BCUT2D eigenvalue weighted by molar-refractivity contribution is 6.06. The van der Waals surface area contributed by atoms with E-state index in [1.54, 1.807) is 48.5 Å². The maximum absolute atomic E-state index is 12.2. The quantitative estimate of drug-likeness (QED) is 0.378. The van der Waals surface area contributed by atoms with E-state index in [1.807, 2.05) is 6.07 Å². The van der Waals surface area contributed by atoms with Gasteiger partial charge in [0.05, 0.1) is 12.7 Å². The Hall–Kier alpha value is -4.12. The third-order valence-electron chi connectivity index (χ3n) is 3.76. The van der Waals surface area contributed by atoms with Gasteiger partial charge >= 0.3 is 5.97 Å². The first-order valence-corrected chi connectivity index (χ1v) is 8.63. The fraction of sp³-hybridized carbons (Fsp3) is 0.143. The Bertz CT molecular complexity index is 958. The minimum absolute atomic E-state index is 0.0953. The summed E-state index contributed by atoms with van der Waals surface area (Å²) in [6, 6.07) is 15.1. The number of amides is 2. The maximum Gasteiger partial charge on any atom is 0.337 e. The lowest BCUT2D eigenvalue weighted by Crippen LogP contribution is -2.16. The Labute approximate surface area is 168 Å². The van der Waals surface area contributed by atoms with Gasteiger partial charge in [-0.1, -0.05) is 12.1 Å². The zero-order valence-electron chi connectivity index (χ0n) is 16.0. The maximum atomic E-state index is 12.2. The highest BCUT2D eigenvalue weighted by atomic mass is 16.5. The van der Waals surface area contributed by atoms with Gasteiger partial charge in [-0.15, -0.1) is 0 Å². The van der Waals surface area contributed by atoms with Crippen LogP contribution in [0.15, 0.2) is 60.3 Å². The third-order valence-corrected chi connectivity index (χ3v) is 3.76. The molecule has 148 valence electrons. The first-order chi connectivity index (χ1) is 13.9. The average Bonchev–Trinajstić information content (AvgIpc) is 2.72. The fourth-order valence-corrected chi connectivity index (χ4v) is 2.33. The van der Waals surface area contributed by atoms with Gasteiger partial charge in [-0.3, -0.25) is 9.59 Å². The molecule has 0 saturated heterocycles. The lowest BCUT2D eigenvalue weighted by molar-refractivity contribution is -0.114. The van der Waals surface area contributed by atoms with Crippen LogP contribution in [0, 0.1) is 11.3 Å². The van der Waals surface area contributed by atoms with Crippen molar-refractivity contribution in [2.75, 3.05) is 17.7 Å². The third kappa shape index (κ3) is 6.52. The number of carbonyl (C=O) groups excluding carboxylic acids is 3. The number of hydrogen-bond donors (Lipinski definition) is 3. The molecular formula is C21H20N4O4. The van der Waals surface area contributed by atoms with Crippen LogP contribution in [0.1, 0.15) is 22.8 Å². The molecule has 0 aromatic heterocycles. The number of carbonyl (C=O) groups is 3. The molecule has 0 fully saturated rings. The Balaban J connectivity index is 1.93. The number of nitriles is 1. The van der Waals surface area contributed by atoms with Crippen molar-refractivity contribution in [3.05, 3.63) is 71.4 Å². The molecule has 0 unspecified atom stereocenters. The highest BCUT2D eigenvalue weighted by Gasteiger charge is 2.09. The molecule has 2 aromatic carbocycles. The van der Waals surface area contributed by atoms with Gasteiger partial charge < -0.3 is 20.7 Å². The van der Waals surface area contributed by atoms with E-state index in [0.717, 1.165) is 5.56 Å². The number of methoxy groups -OCH3 is 1. The van der Waals surface area contributed by atoms with Gasteiger partial charge in [-0.25, -0.2) is 4.79 Å².